The summed E-state index contributed by atoms with van der Waals surface area (Å²) in [6, 6.07) is 13.5. The van der Waals surface area contributed by atoms with E-state index in [0.717, 1.165) is 11.6 Å². The van der Waals surface area contributed by atoms with Gasteiger partial charge < -0.3 is 14.5 Å². The Bertz CT molecular complexity index is 2220. The van der Waals surface area contributed by atoms with Gasteiger partial charge in [-0.2, -0.15) is 9.49 Å². The van der Waals surface area contributed by atoms with Crippen LogP contribution in [0.25, 0.3) is 22.3 Å². The lowest BCUT2D eigenvalue weighted by Crippen LogP contribution is -2.29. The first kappa shape index (κ1) is 36.2. The van der Waals surface area contributed by atoms with Gasteiger partial charge in [0, 0.05) is 24.2 Å². The molecule has 0 fully saturated rings. The zero-order valence-corrected chi connectivity index (χ0v) is 30.1. The lowest BCUT2D eigenvalue weighted by atomic mass is 9.75. The molecule has 6 rings (SSSR count). The predicted molar refractivity (Wildman–Crippen MR) is 188 cm³/mol. The number of benzene rings is 3. The SMILES string of the molecule is CCOC(=O)Cc1c[nH]c2c(F)c(F)c3c(c12)CCS(=O)(=O)CC(C)(C)CCC[C@](C)(c1ccccc1)c1nc(n(C)n1)-c1cc(ccc1F)O3. The first-order chi connectivity index (χ1) is 24.1. The Morgan fingerprint density at radius 3 is 2.53 bits per heavy atom. The largest absolute Gasteiger partial charge is 0.466 e. The van der Waals surface area contributed by atoms with Gasteiger partial charge in [-0.3, -0.25) is 4.79 Å². The van der Waals surface area contributed by atoms with Crippen LogP contribution in [-0.4, -0.2) is 52.2 Å². The normalized spacial score (nSPS) is 19.1. The summed E-state index contributed by atoms with van der Waals surface area (Å²) in [4.78, 5) is 20.1. The fourth-order valence-electron chi connectivity index (χ4n) is 7.11. The number of sulfone groups is 1. The molecule has 3 aromatic carbocycles. The van der Waals surface area contributed by atoms with Crippen molar-refractivity contribution in [3.8, 4) is 22.9 Å². The Balaban J connectivity index is 1.55. The van der Waals surface area contributed by atoms with Gasteiger partial charge in [0.15, 0.2) is 33.1 Å². The zero-order valence-electron chi connectivity index (χ0n) is 29.3. The number of rotatable bonds is 4. The third kappa shape index (κ3) is 7.26. The number of esters is 1. The van der Waals surface area contributed by atoms with Gasteiger partial charge in [-0.1, -0.05) is 50.6 Å². The fourth-order valence-corrected chi connectivity index (χ4v) is 9.10. The molecule has 0 radical (unpaired) electrons. The second-order valence-corrected chi connectivity index (χ2v) is 16.3. The number of carbonyl (C=O) groups excluding carboxylic acids is 1. The number of hydrogen-bond acceptors (Lipinski definition) is 7. The van der Waals surface area contributed by atoms with Crippen molar-refractivity contribution in [2.24, 2.45) is 12.5 Å². The molecule has 4 bridgehead atoms. The van der Waals surface area contributed by atoms with Gasteiger partial charge in [0.1, 0.15) is 11.6 Å². The van der Waals surface area contributed by atoms with Crippen molar-refractivity contribution in [1.82, 2.24) is 19.7 Å². The van der Waals surface area contributed by atoms with E-state index in [4.69, 9.17) is 19.6 Å². The summed E-state index contributed by atoms with van der Waals surface area (Å²) in [5, 5.41) is 4.87. The Morgan fingerprint density at radius 1 is 1.06 bits per heavy atom. The van der Waals surface area contributed by atoms with Gasteiger partial charge in [-0.15, -0.1) is 0 Å². The highest BCUT2D eigenvalue weighted by Gasteiger charge is 2.36. The van der Waals surface area contributed by atoms with Crippen LogP contribution < -0.4 is 4.74 Å². The minimum absolute atomic E-state index is 0.0159. The maximum absolute atomic E-state index is 16.0. The van der Waals surface area contributed by atoms with Crippen molar-refractivity contribution in [1.29, 1.82) is 0 Å². The predicted octanol–water partition coefficient (Wildman–Crippen LogP) is 7.75. The minimum atomic E-state index is -3.76. The van der Waals surface area contributed by atoms with E-state index >= 15 is 13.2 Å². The number of aryl methyl sites for hydroxylation is 2. The van der Waals surface area contributed by atoms with E-state index in [1.165, 1.54) is 23.0 Å². The van der Waals surface area contributed by atoms with E-state index in [0.29, 0.717) is 25.1 Å². The van der Waals surface area contributed by atoms with E-state index in [-0.39, 0.29) is 64.4 Å². The number of aromatic nitrogens is 4. The number of halogens is 3. The number of nitrogens with zero attached hydrogens (tertiary/aromatic N) is 3. The molecule has 2 aromatic heterocycles. The van der Waals surface area contributed by atoms with Crippen LogP contribution in [0.5, 0.6) is 11.5 Å². The van der Waals surface area contributed by atoms with E-state index in [2.05, 4.69) is 4.98 Å². The highest BCUT2D eigenvalue weighted by atomic mass is 32.2. The number of fused-ring (bicyclic) bond motifs is 8. The first-order valence-electron chi connectivity index (χ1n) is 16.9. The van der Waals surface area contributed by atoms with Gasteiger partial charge in [0.25, 0.3) is 0 Å². The third-order valence-electron chi connectivity index (χ3n) is 9.66. The maximum atomic E-state index is 16.0. The molecule has 0 amide bonds. The van der Waals surface area contributed by atoms with Crippen molar-refractivity contribution in [3.05, 3.63) is 94.7 Å². The molecule has 1 N–H and O–H groups in total. The van der Waals surface area contributed by atoms with Crippen LogP contribution in [0.15, 0.2) is 54.7 Å². The summed E-state index contributed by atoms with van der Waals surface area (Å²) in [5.41, 5.74) is -0.273. The second-order valence-electron chi connectivity index (χ2n) is 14.2. The smallest absolute Gasteiger partial charge is 0.310 e. The molecule has 0 aliphatic carbocycles. The van der Waals surface area contributed by atoms with Gasteiger partial charge >= 0.3 is 5.97 Å². The van der Waals surface area contributed by atoms with E-state index in [1.807, 2.05) is 51.1 Å². The van der Waals surface area contributed by atoms with Crippen molar-refractivity contribution in [2.75, 3.05) is 18.1 Å². The zero-order chi connectivity index (χ0) is 36.7. The van der Waals surface area contributed by atoms with Gasteiger partial charge in [-0.25, -0.2) is 26.9 Å². The number of aromatic amines is 1. The number of hydrogen-bond donors (Lipinski definition) is 1. The molecule has 0 spiro atoms. The first-order valence-corrected chi connectivity index (χ1v) is 18.8. The summed E-state index contributed by atoms with van der Waals surface area (Å²) in [7, 11) is -2.11. The van der Waals surface area contributed by atoms with Crippen molar-refractivity contribution in [2.45, 2.75) is 65.2 Å². The van der Waals surface area contributed by atoms with Crippen molar-refractivity contribution >= 4 is 26.7 Å². The number of nitrogens with one attached hydrogen (secondary N) is 1. The molecular formula is C38H41F3N4O5S. The summed E-state index contributed by atoms with van der Waals surface area (Å²) in [6.45, 7) is 7.57. The molecule has 3 heterocycles. The van der Waals surface area contributed by atoms with Crippen LogP contribution in [0.2, 0.25) is 0 Å². The quantitative estimate of drug-likeness (QED) is 0.189. The summed E-state index contributed by atoms with van der Waals surface area (Å²) < 4.78 is 87.4. The number of H-pyrrole nitrogens is 1. The summed E-state index contributed by atoms with van der Waals surface area (Å²) >= 11 is 0. The summed E-state index contributed by atoms with van der Waals surface area (Å²) in [6.07, 6.45) is 2.62. The summed E-state index contributed by atoms with van der Waals surface area (Å²) in [5.74, 6) is -4.38. The van der Waals surface area contributed by atoms with E-state index < -0.39 is 55.6 Å². The fraction of sp³-hybridized carbons (Fsp3) is 0.395. The maximum Gasteiger partial charge on any atom is 0.310 e. The van der Waals surface area contributed by atoms with Gasteiger partial charge in [0.05, 0.1) is 41.0 Å². The topological polar surface area (TPSA) is 116 Å². The van der Waals surface area contributed by atoms with Crippen LogP contribution >= 0.6 is 0 Å². The van der Waals surface area contributed by atoms with E-state index in [9.17, 15) is 13.2 Å². The molecule has 270 valence electrons. The molecule has 1 aliphatic heterocycles. The monoisotopic (exact) mass is 722 g/mol. The molecule has 13 heteroatoms. The average molecular weight is 723 g/mol. The Kier molecular flexibility index (Phi) is 9.79. The minimum Gasteiger partial charge on any atom is -0.466 e. The number of ether oxygens (including phenoxy) is 2. The van der Waals surface area contributed by atoms with Crippen LogP contribution in [0.3, 0.4) is 0 Å². The van der Waals surface area contributed by atoms with Gasteiger partial charge in [-0.05, 0) is 67.9 Å². The van der Waals surface area contributed by atoms with Crippen LogP contribution in [0.4, 0.5) is 13.2 Å². The Morgan fingerprint density at radius 2 is 1.80 bits per heavy atom. The average Bonchev–Trinajstić information content (AvgIpc) is 3.67. The molecule has 1 aliphatic rings. The van der Waals surface area contributed by atoms with E-state index in [1.54, 1.807) is 14.0 Å². The van der Waals surface area contributed by atoms with Crippen LogP contribution in [0.1, 0.15) is 69.5 Å². The molecule has 1 atom stereocenters. The lowest BCUT2D eigenvalue weighted by molar-refractivity contribution is -0.142. The van der Waals surface area contributed by atoms with Crippen molar-refractivity contribution in [3.63, 3.8) is 0 Å². The van der Waals surface area contributed by atoms with Crippen LogP contribution in [0, 0.1) is 22.9 Å². The molecule has 51 heavy (non-hydrogen) atoms. The molecular weight excluding hydrogens is 682 g/mol. The Labute approximate surface area is 295 Å². The Hall–Kier alpha value is -4.65. The molecule has 0 unspecified atom stereocenters. The molecule has 0 saturated heterocycles. The van der Waals surface area contributed by atoms with Gasteiger partial charge in [0.2, 0.25) is 5.82 Å². The van der Waals surface area contributed by atoms with Crippen molar-refractivity contribution < 1.29 is 35.9 Å². The third-order valence-corrected chi connectivity index (χ3v) is 11.7. The number of carbonyl (C=O) groups is 1. The highest BCUT2D eigenvalue weighted by molar-refractivity contribution is 7.91. The molecule has 5 aromatic rings. The highest BCUT2D eigenvalue weighted by Crippen LogP contribution is 2.42. The molecule has 0 saturated carbocycles. The standard InChI is InChI=1S/C38H41F3N4O5S/c1-6-49-29(46)19-23-21-42-33-30(23)26-15-18-51(47,48)22-37(2,3)16-10-17-38(4,24-11-8-7-9-12-24)36-43-35(45(5)44-36)27-20-25(13-14-28(27)39)50-34(26)32(41)31(33)40/h7-9,11-14,20-21,42H,6,10,15-19,22H2,1-5H3/t38-/m1/s1. The lowest BCUT2D eigenvalue weighted by Gasteiger charge is -2.30. The van der Waals surface area contributed by atoms with Crippen LogP contribution in [-0.2, 0) is 44.7 Å². The molecule has 9 nitrogen and oxygen atoms in total. The second kappa shape index (κ2) is 13.8.